The van der Waals surface area contributed by atoms with Crippen LogP contribution in [0.2, 0.25) is 18.1 Å². The van der Waals surface area contributed by atoms with Crippen LogP contribution < -0.4 is 0 Å². The van der Waals surface area contributed by atoms with Gasteiger partial charge >= 0.3 is 18.1 Å². The van der Waals surface area contributed by atoms with Crippen LogP contribution in [0.15, 0.2) is 23.3 Å². The van der Waals surface area contributed by atoms with E-state index in [1.54, 1.807) is 34.6 Å². The zero-order valence-electron chi connectivity index (χ0n) is 21.7. The minimum Gasteiger partial charge on any atom is -0.501 e. The number of aliphatic hydroxyl groups is 1. The summed E-state index contributed by atoms with van der Waals surface area (Å²) >= 11 is 0. The van der Waals surface area contributed by atoms with E-state index in [1.807, 2.05) is 13.1 Å². The molecule has 11 heteroatoms. The Labute approximate surface area is 202 Å². The fraction of sp³-hybridized carbons (Fsp3) is 0.739. The number of carbonyl (C=O) groups excluding carboxylic acids is 2. The van der Waals surface area contributed by atoms with Crippen LogP contribution in [0.5, 0.6) is 0 Å². The zero-order chi connectivity index (χ0) is 26.3. The van der Waals surface area contributed by atoms with Crippen molar-refractivity contribution in [3.63, 3.8) is 0 Å². The number of hydrogen-bond acceptors (Lipinski definition) is 9. The Kier molecular flexibility index (Phi) is 7.75. The molecule has 34 heavy (non-hydrogen) atoms. The van der Waals surface area contributed by atoms with Gasteiger partial charge in [-0.05, 0) is 52.8 Å². The van der Waals surface area contributed by atoms with Crippen molar-refractivity contribution in [2.75, 3.05) is 6.61 Å². The molecular formula is C23H37N2O8Si+. The van der Waals surface area contributed by atoms with Crippen molar-refractivity contribution in [2.45, 2.75) is 97.6 Å². The number of carbonyl (C=O) groups is 2. The third-order valence-corrected chi connectivity index (χ3v) is 10.6. The first-order valence-corrected chi connectivity index (χ1v) is 14.1. The highest BCUT2D eigenvalue weighted by atomic mass is 28.4. The largest absolute Gasteiger partial charge is 0.501 e. The first-order chi connectivity index (χ1) is 15.3. The number of hydrogen-bond donors (Lipinski definition) is 1. The molecule has 0 amide bonds. The van der Waals surface area contributed by atoms with Crippen molar-refractivity contribution < 1.29 is 38.1 Å². The molecule has 0 saturated carbocycles. The monoisotopic (exact) mass is 497 g/mol. The van der Waals surface area contributed by atoms with Gasteiger partial charge in [0.1, 0.15) is 12.2 Å². The van der Waals surface area contributed by atoms with Crippen molar-refractivity contribution in [3.05, 3.63) is 28.3 Å². The van der Waals surface area contributed by atoms with E-state index in [9.17, 15) is 14.7 Å². The van der Waals surface area contributed by atoms with E-state index in [0.717, 1.165) is 6.20 Å². The molecule has 0 aromatic heterocycles. The summed E-state index contributed by atoms with van der Waals surface area (Å²) < 4.78 is 29.4. The summed E-state index contributed by atoms with van der Waals surface area (Å²) in [6, 6.07) is 0. The number of esters is 2. The molecule has 3 atom stereocenters. The number of nitrogens with zero attached hydrogens (tertiary/aromatic N) is 2. The highest BCUT2D eigenvalue weighted by Crippen LogP contribution is 2.42. The maximum Gasteiger partial charge on any atom is 0.392 e. The standard InChI is InChI=1S/C23H36N2O8Si/c1-21(2,3)20(28)31-18-15(13(26)11-25-24)17(30-19(18)27)16(14-12-29-23(7,8)32-14)33-34(9,10)22(4,5)6/h11,14,16-17H,12H2,1-10H3/p+1/b13-11-/t14-,16+,17-/m0/s1. The van der Waals surface area contributed by atoms with E-state index < -0.39 is 61.3 Å². The second kappa shape index (κ2) is 9.41. The molecule has 0 unspecified atom stereocenters. The summed E-state index contributed by atoms with van der Waals surface area (Å²) in [5, 5.41) is 19.5. The summed E-state index contributed by atoms with van der Waals surface area (Å²) in [7, 11) is -2.47. The molecule has 0 aromatic rings. The van der Waals surface area contributed by atoms with Crippen LogP contribution in [0.4, 0.5) is 0 Å². The summed E-state index contributed by atoms with van der Waals surface area (Å²) in [5.41, 5.74) is -1.09. The normalized spacial score (nSPS) is 24.6. The molecule has 1 N–H and O–H groups in total. The van der Waals surface area contributed by atoms with Gasteiger partial charge in [0.15, 0.2) is 25.2 Å². The summed E-state index contributed by atoms with van der Waals surface area (Å²) in [6.07, 6.45) is -2.03. The first kappa shape index (κ1) is 28.0. The van der Waals surface area contributed by atoms with Crippen LogP contribution in [0, 0.1) is 10.8 Å². The Morgan fingerprint density at radius 3 is 2.29 bits per heavy atom. The topological polar surface area (TPSA) is 129 Å². The molecule has 1 saturated heterocycles. The zero-order valence-corrected chi connectivity index (χ0v) is 22.7. The highest BCUT2D eigenvalue weighted by molar-refractivity contribution is 6.74. The summed E-state index contributed by atoms with van der Waals surface area (Å²) in [6.45, 7) is 18.8. The maximum atomic E-state index is 12.9. The Morgan fingerprint density at radius 2 is 1.85 bits per heavy atom. The van der Waals surface area contributed by atoms with Gasteiger partial charge in [0, 0.05) is 0 Å². The van der Waals surface area contributed by atoms with Crippen LogP contribution in [0.3, 0.4) is 0 Å². The lowest BCUT2D eigenvalue weighted by Crippen LogP contribution is -2.52. The fourth-order valence-electron chi connectivity index (χ4n) is 3.15. The van der Waals surface area contributed by atoms with E-state index in [0.29, 0.717) is 0 Å². The fourth-order valence-corrected chi connectivity index (χ4v) is 4.46. The van der Waals surface area contributed by atoms with Gasteiger partial charge in [-0.25, -0.2) is 4.79 Å². The average molecular weight is 498 g/mol. The molecule has 2 aliphatic heterocycles. The van der Waals surface area contributed by atoms with Gasteiger partial charge < -0.3 is 28.5 Å². The van der Waals surface area contributed by atoms with Gasteiger partial charge in [0.05, 0.1) is 17.6 Å². The molecule has 0 aliphatic carbocycles. The summed E-state index contributed by atoms with van der Waals surface area (Å²) in [5.74, 6) is -3.62. The number of rotatable bonds is 6. The van der Waals surface area contributed by atoms with Crippen LogP contribution in [0.1, 0.15) is 55.4 Å². The molecule has 10 nitrogen and oxygen atoms in total. The molecular weight excluding hydrogens is 460 g/mol. The van der Waals surface area contributed by atoms with Gasteiger partial charge in [-0.15, -0.1) is 0 Å². The molecule has 2 aliphatic rings. The van der Waals surface area contributed by atoms with Gasteiger partial charge in [-0.1, -0.05) is 20.8 Å². The van der Waals surface area contributed by atoms with E-state index in [4.69, 9.17) is 28.8 Å². The predicted molar refractivity (Wildman–Crippen MR) is 125 cm³/mol. The SMILES string of the molecule is CC1(C)OC[C@@H]([C@@H](O[Si](C)(C)C(C)(C)C)[C@H]2OC(=O)C(OC(=O)C(C)(C)C)=C2/C(O)=C/[N+]#N)O1. The van der Waals surface area contributed by atoms with Gasteiger partial charge in [-0.2, -0.15) is 0 Å². The van der Waals surface area contributed by atoms with Crippen LogP contribution in [-0.4, -0.2) is 56.1 Å². The molecule has 2 heterocycles. The quantitative estimate of drug-likeness (QED) is 0.243. The van der Waals surface area contributed by atoms with Gasteiger partial charge in [0.25, 0.3) is 0 Å². The van der Waals surface area contributed by atoms with Crippen LogP contribution in [-0.2, 0) is 33.0 Å². The summed E-state index contributed by atoms with van der Waals surface area (Å²) in [4.78, 5) is 28.3. The van der Waals surface area contributed by atoms with Crippen molar-refractivity contribution in [1.82, 2.24) is 0 Å². The smallest absolute Gasteiger partial charge is 0.392 e. The third-order valence-electron chi connectivity index (χ3n) is 6.14. The van der Waals surface area contributed by atoms with E-state index in [1.165, 1.54) is 0 Å². The Morgan fingerprint density at radius 1 is 1.26 bits per heavy atom. The Bertz CT molecular complexity index is 934. The van der Waals surface area contributed by atoms with E-state index in [-0.39, 0.29) is 17.2 Å². The van der Waals surface area contributed by atoms with Crippen molar-refractivity contribution >= 4 is 20.3 Å². The highest BCUT2D eigenvalue weighted by Gasteiger charge is 2.53. The third kappa shape index (κ3) is 6.04. The second-order valence-corrected chi connectivity index (χ2v) is 16.3. The van der Waals surface area contributed by atoms with Crippen LogP contribution >= 0.6 is 0 Å². The number of diazo groups is 1. The second-order valence-electron chi connectivity index (χ2n) is 11.5. The Balaban J connectivity index is 2.63. The Hall–Kier alpha value is -2.26. The van der Waals surface area contributed by atoms with Crippen molar-refractivity contribution in [3.8, 4) is 0 Å². The predicted octanol–water partition coefficient (Wildman–Crippen LogP) is 4.55. The minimum absolute atomic E-state index is 0.152. The molecule has 0 aromatic carbocycles. The number of cyclic esters (lactones) is 1. The van der Waals surface area contributed by atoms with Gasteiger partial charge in [-0.3, -0.25) is 4.79 Å². The van der Waals surface area contributed by atoms with Gasteiger partial charge in [0.2, 0.25) is 16.9 Å². The lowest BCUT2D eigenvalue weighted by atomic mass is 9.97. The molecule has 0 radical (unpaired) electrons. The van der Waals surface area contributed by atoms with E-state index in [2.05, 4.69) is 25.7 Å². The molecule has 0 bridgehead atoms. The van der Waals surface area contributed by atoms with Crippen LogP contribution in [0.25, 0.3) is 4.98 Å². The lowest BCUT2D eigenvalue weighted by Gasteiger charge is -2.42. The number of ether oxygens (including phenoxy) is 4. The minimum atomic E-state index is -2.47. The molecule has 190 valence electrons. The number of aliphatic hydroxyl groups excluding tert-OH is 1. The first-order valence-electron chi connectivity index (χ1n) is 11.2. The van der Waals surface area contributed by atoms with Crippen molar-refractivity contribution in [1.29, 1.82) is 5.39 Å². The van der Waals surface area contributed by atoms with Crippen molar-refractivity contribution in [2.24, 2.45) is 5.41 Å². The molecule has 1 fully saturated rings. The van der Waals surface area contributed by atoms with E-state index >= 15 is 0 Å². The average Bonchev–Trinajstić information content (AvgIpc) is 3.17. The molecule has 0 spiro atoms. The lowest BCUT2D eigenvalue weighted by molar-refractivity contribution is -0.166. The molecule has 2 rings (SSSR count). The maximum absolute atomic E-state index is 12.9.